The molecule has 0 heterocycles. The molecule has 1 aliphatic rings. The van der Waals surface area contributed by atoms with Gasteiger partial charge >= 0.3 is 0 Å². The zero-order valence-corrected chi connectivity index (χ0v) is 14.2. The second-order valence-electron chi connectivity index (χ2n) is 6.64. The smallest absolute Gasteiger partial charge is 0.00175 e. The van der Waals surface area contributed by atoms with E-state index in [4.69, 9.17) is 0 Å². The Balaban J connectivity index is 1.95. The molecule has 0 nitrogen and oxygen atoms in total. The lowest BCUT2D eigenvalue weighted by Gasteiger charge is -2.13. The van der Waals surface area contributed by atoms with Crippen LogP contribution in [0.15, 0.2) is 91.0 Å². The van der Waals surface area contributed by atoms with Crippen LogP contribution in [-0.4, -0.2) is 0 Å². The van der Waals surface area contributed by atoms with Crippen molar-refractivity contribution in [1.29, 1.82) is 0 Å². The van der Waals surface area contributed by atoms with Crippen LogP contribution in [0.25, 0.3) is 21.9 Å². The van der Waals surface area contributed by atoms with Gasteiger partial charge in [-0.05, 0) is 56.7 Å². The Hall–Kier alpha value is -3.12. The number of hydrogen-bond donors (Lipinski definition) is 0. The fourth-order valence-corrected chi connectivity index (χ4v) is 4.06. The van der Waals surface area contributed by atoms with Crippen LogP contribution in [0.1, 0.15) is 27.8 Å². The highest BCUT2D eigenvalue weighted by Crippen LogP contribution is 2.48. The fourth-order valence-electron chi connectivity index (χ4n) is 4.06. The van der Waals surface area contributed by atoms with Gasteiger partial charge < -0.3 is 0 Å². The molecule has 0 spiro atoms. The van der Waals surface area contributed by atoms with Gasteiger partial charge in [0.05, 0.1) is 0 Å². The molecule has 0 aliphatic heterocycles. The van der Waals surface area contributed by atoms with Crippen LogP contribution < -0.4 is 0 Å². The summed E-state index contributed by atoms with van der Waals surface area (Å²) < 4.78 is 0. The molecule has 5 rings (SSSR count). The zero-order valence-electron chi connectivity index (χ0n) is 14.2. The summed E-state index contributed by atoms with van der Waals surface area (Å²) in [6.07, 6.45) is 0. The van der Waals surface area contributed by atoms with Crippen molar-refractivity contribution in [3.63, 3.8) is 0 Å². The summed E-state index contributed by atoms with van der Waals surface area (Å²) >= 11 is 0. The summed E-state index contributed by atoms with van der Waals surface area (Å²) in [6.45, 7) is 2.20. The van der Waals surface area contributed by atoms with E-state index in [0.717, 1.165) is 0 Å². The summed E-state index contributed by atoms with van der Waals surface area (Å²) in [5.41, 5.74) is 9.32. The van der Waals surface area contributed by atoms with E-state index in [1.54, 1.807) is 0 Å². The molecule has 4 aromatic carbocycles. The van der Waals surface area contributed by atoms with E-state index < -0.39 is 0 Å². The SMILES string of the molecule is Cc1ccccc1C1=C(c2ccccc2)c2cccc3cccc1c23. The maximum Gasteiger partial charge on any atom is -0.00175 e. The average Bonchev–Trinajstić information content (AvgIpc) is 2.99. The van der Waals surface area contributed by atoms with Gasteiger partial charge in [-0.2, -0.15) is 0 Å². The van der Waals surface area contributed by atoms with Crippen LogP contribution >= 0.6 is 0 Å². The third-order valence-electron chi connectivity index (χ3n) is 5.17. The van der Waals surface area contributed by atoms with Crippen molar-refractivity contribution in [2.45, 2.75) is 6.92 Å². The van der Waals surface area contributed by atoms with Crippen molar-refractivity contribution in [3.05, 3.63) is 119 Å². The predicted molar refractivity (Wildman–Crippen MR) is 107 cm³/mol. The summed E-state index contributed by atoms with van der Waals surface area (Å²) in [6, 6.07) is 32.8. The molecule has 118 valence electrons. The average molecular weight is 318 g/mol. The topological polar surface area (TPSA) is 0 Å². The monoisotopic (exact) mass is 318 g/mol. The van der Waals surface area contributed by atoms with Crippen LogP contribution in [-0.2, 0) is 0 Å². The van der Waals surface area contributed by atoms with Crippen LogP contribution in [0, 0.1) is 6.92 Å². The highest BCUT2D eigenvalue weighted by atomic mass is 14.3. The summed E-state index contributed by atoms with van der Waals surface area (Å²) in [4.78, 5) is 0. The van der Waals surface area contributed by atoms with Crippen LogP contribution in [0.4, 0.5) is 0 Å². The standard InChI is InChI=1S/C25H18/c1-17-9-5-6-14-20(17)25-22-16-8-13-18-12-7-15-21(23(18)22)24(25)19-10-3-2-4-11-19/h2-16H,1H3. The van der Waals surface area contributed by atoms with Gasteiger partial charge in [0.15, 0.2) is 0 Å². The molecule has 0 atom stereocenters. The van der Waals surface area contributed by atoms with Gasteiger partial charge in [0, 0.05) is 0 Å². The molecule has 0 bridgehead atoms. The Morgan fingerprint density at radius 3 is 1.80 bits per heavy atom. The Bertz CT molecular complexity index is 1130. The molecule has 0 saturated heterocycles. The second-order valence-corrected chi connectivity index (χ2v) is 6.64. The van der Waals surface area contributed by atoms with E-state index in [2.05, 4.69) is 97.9 Å². The number of aryl methyl sites for hydroxylation is 1. The van der Waals surface area contributed by atoms with Crippen molar-refractivity contribution in [1.82, 2.24) is 0 Å². The number of hydrogen-bond acceptors (Lipinski definition) is 0. The van der Waals surface area contributed by atoms with E-state index in [9.17, 15) is 0 Å². The van der Waals surface area contributed by atoms with Gasteiger partial charge in [0.25, 0.3) is 0 Å². The van der Waals surface area contributed by atoms with Gasteiger partial charge in [-0.25, -0.2) is 0 Å². The lowest BCUT2D eigenvalue weighted by Crippen LogP contribution is -1.92. The Kier molecular flexibility index (Phi) is 3.11. The second kappa shape index (κ2) is 5.46. The largest absolute Gasteiger partial charge is 0.0622 e. The molecule has 25 heavy (non-hydrogen) atoms. The normalized spacial score (nSPS) is 12.8. The lowest BCUT2D eigenvalue weighted by atomic mass is 9.90. The highest BCUT2D eigenvalue weighted by Gasteiger charge is 2.26. The van der Waals surface area contributed by atoms with Crippen molar-refractivity contribution in [2.75, 3.05) is 0 Å². The van der Waals surface area contributed by atoms with E-state index in [1.807, 2.05) is 0 Å². The molecule has 0 amide bonds. The minimum Gasteiger partial charge on any atom is -0.0622 e. The minimum absolute atomic E-state index is 1.28. The molecule has 0 N–H and O–H groups in total. The molecule has 0 heteroatoms. The van der Waals surface area contributed by atoms with Crippen molar-refractivity contribution >= 4 is 21.9 Å². The predicted octanol–water partition coefficient (Wildman–Crippen LogP) is 6.47. The molecular formula is C25H18. The summed E-state index contributed by atoms with van der Waals surface area (Å²) in [7, 11) is 0. The third-order valence-corrected chi connectivity index (χ3v) is 5.17. The van der Waals surface area contributed by atoms with Crippen molar-refractivity contribution in [2.24, 2.45) is 0 Å². The molecule has 0 radical (unpaired) electrons. The molecule has 0 unspecified atom stereocenters. The lowest BCUT2D eigenvalue weighted by molar-refractivity contribution is 1.42. The van der Waals surface area contributed by atoms with Gasteiger partial charge in [0.2, 0.25) is 0 Å². The van der Waals surface area contributed by atoms with Gasteiger partial charge in [0.1, 0.15) is 0 Å². The summed E-state index contributed by atoms with van der Waals surface area (Å²) in [5.74, 6) is 0. The maximum atomic E-state index is 2.27. The molecule has 1 aliphatic carbocycles. The van der Waals surface area contributed by atoms with Gasteiger partial charge in [-0.1, -0.05) is 91.0 Å². The highest BCUT2D eigenvalue weighted by molar-refractivity contribution is 6.20. The van der Waals surface area contributed by atoms with Crippen LogP contribution in [0.5, 0.6) is 0 Å². The molecule has 0 saturated carbocycles. The van der Waals surface area contributed by atoms with E-state index in [1.165, 1.54) is 49.7 Å². The van der Waals surface area contributed by atoms with Crippen LogP contribution in [0.3, 0.4) is 0 Å². The van der Waals surface area contributed by atoms with Crippen LogP contribution in [0.2, 0.25) is 0 Å². The first kappa shape index (κ1) is 14.2. The van der Waals surface area contributed by atoms with Gasteiger partial charge in [-0.15, -0.1) is 0 Å². The number of rotatable bonds is 2. The minimum atomic E-state index is 1.28. The first-order chi connectivity index (χ1) is 12.3. The Labute approximate surface area is 148 Å². The van der Waals surface area contributed by atoms with E-state index in [0.29, 0.717) is 0 Å². The van der Waals surface area contributed by atoms with Crippen molar-refractivity contribution in [3.8, 4) is 0 Å². The van der Waals surface area contributed by atoms with Crippen molar-refractivity contribution < 1.29 is 0 Å². The number of benzene rings is 4. The third kappa shape index (κ3) is 2.08. The quantitative estimate of drug-likeness (QED) is 0.350. The van der Waals surface area contributed by atoms with E-state index in [-0.39, 0.29) is 0 Å². The maximum absolute atomic E-state index is 2.27. The van der Waals surface area contributed by atoms with E-state index >= 15 is 0 Å². The summed E-state index contributed by atoms with van der Waals surface area (Å²) in [5, 5.41) is 2.69. The first-order valence-electron chi connectivity index (χ1n) is 8.73. The Morgan fingerprint density at radius 2 is 1.08 bits per heavy atom. The van der Waals surface area contributed by atoms with Gasteiger partial charge in [-0.3, -0.25) is 0 Å². The molecular weight excluding hydrogens is 300 g/mol. The fraction of sp³-hybridized carbons (Fsp3) is 0.0400. The molecule has 4 aromatic rings. The zero-order chi connectivity index (χ0) is 16.8. The Morgan fingerprint density at radius 1 is 0.480 bits per heavy atom. The molecule has 0 aromatic heterocycles. The molecule has 0 fully saturated rings. The first-order valence-corrected chi connectivity index (χ1v) is 8.73.